The molecule has 35 heavy (non-hydrogen) atoms. The number of aliphatic hydroxyl groups excluding tert-OH is 2. The van der Waals surface area contributed by atoms with Gasteiger partial charge in [-0.05, 0) is 35.4 Å². The van der Waals surface area contributed by atoms with E-state index in [1.807, 2.05) is 121 Å². The number of hydrogen-bond donors (Lipinski definition) is 3. The van der Waals surface area contributed by atoms with Crippen molar-refractivity contribution in [3.05, 3.63) is 132 Å². The Bertz CT molecular complexity index is 1250. The van der Waals surface area contributed by atoms with Crippen LogP contribution in [0.3, 0.4) is 0 Å². The fourth-order valence-corrected chi connectivity index (χ4v) is 5.19. The summed E-state index contributed by atoms with van der Waals surface area (Å²) in [5.74, 6) is -0.429. The van der Waals surface area contributed by atoms with Crippen molar-refractivity contribution in [1.29, 1.82) is 0 Å². The molecule has 3 unspecified atom stereocenters. The lowest BCUT2D eigenvalue weighted by atomic mass is 9.75. The maximum atomic E-state index is 13.6. The predicted octanol–water partition coefficient (Wildman–Crippen LogP) is 5.11. The lowest BCUT2D eigenvalue weighted by Gasteiger charge is -2.48. The molecule has 176 valence electrons. The summed E-state index contributed by atoms with van der Waals surface area (Å²) in [4.78, 5) is 15.2. The van der Waals surface area contributed by atoms with Crippen LogP contribution < -0.4 is 10.2 Å². The van der Waals surface area contributed by atoms with Gasteiger partial charge in [0.1, 0.15) is 17.7 Å². The lowest BCUT2D eigenvalue weighted by Crippen LogP contribution is -2.56. The number of nitrogens with one attached hydrogen (secondary N) is 1. The molecule has 0 spiro atoms. The van der Waals surface area contributed by atoms with E-state index in [0.717, 1.165) is 11.3 Å². The molecule has 0 bridgehead atoms. The van der Waals surface area contributed by atoms with Crippen molar-refractivity contribution in [2.24, 2.45) is 0 Å². The van der Waals surface area contributed by atoms with Crippen LogP contribution in [0, 0.1) is 0 Å². The van der Waals surface area contributed by atoms with Crippen molar-refractivity contribution >= 4 is 17.3 Å². The SMILES string of the molecule is O=C1[C@H](O)CC(C(O)c2ccccc2)(C(Nc2ccccc2)c2ccccc2)N1c1ccccc1. The molecule has 1 aliphatic heterocycles. The Morgan fingerprint density at radius 1 is 0.743 bits per heavy atom. The van der Waals surface area contributed by atoms with E-state index in [1.165, 1.54) is 0 Å². The largest absolute Gasteiger partial charge is 0.386 e. The summed E-state index contributed by atoms with van der Waals surface area (Å²) < 4.78 is 0. The number of amides is 1. The van der Waals surface area contributed by atoms with E-state index >= 15 is 0 Å². The van der Waals surface area contributed by atoms with Crippen LogP contribution in [0.5, 0.6) is 0 Å². The van der Waals surface area contributed by atoms with Crippen LogP contribution in [-0.2, 0) is 4.79 Å². The monoisotopic (exact) mass is 464 g/mol. The molecule has 4 atom stereocenters. The molecule has 1 saturated heterocycles. The zero-order valence-electron chi connectivity index (χ0n) is 19.2. The summed E-state index contributed by atoms with van der Waals surface area (Å²) in [6, 6.07) is 37.6. The van der Waals surface area contributed by atoms with Gasteiger partial charge < -0.3 is 15.5 Å². The van der Waals surface area contributed by atoms with Crippen molar-refractivity contribution < 1.29 is 15.0 Å². The highest BCUT2D eigenvalue weighted by Gasteiger charge is 2.60. The first kappa shape index (κ1) is 22.8. The van der Waals surface area contributed by atoms with E-state index in [9.17, 15) is 15.0 Å². The molecule has 0 saturated carbocycles. The summed E-state index contributed by atoms with van der Waals surface area (Å²) in [7, 11) is 0. The number of nitrogens with zero attached hydrogens (tertiary/aromatic N) is 1. The van der Waals surface area contributed by atoms with E-state index < -0.39 is 29.7 Å². The van der Waals surface area contributed by atoms with Gasteiger partial charge in [0.2, 0.25) is 0 Å². The zero-order valence-corrected chi connectivity index (χ0v) is 19.2. The molecule has 0 aromatic heterocycles. The first-order valence-electron chi connectivity index (χ1n) is 11.8. The number of para-hydroxylation sites is 2. The highest BCUT2D eigenvalue weighted by Crippen LogP contribution is 2.51. The molecule has 3 N–H and O–H groups in total. The summed E-state index contributed by atoms with van der Waals surface area (Å²) >= 11 is 0. The summed E-state index contributed by atoms with van der Waals surface area (Å²) in [5.41, 5.74) is 1.82. The Labute approximate surface area is 205 Å². The van der Waals surface area contributed by atoms with Crippen molar-refractivity contribution in [3.8, 4) is 0 Å². The fraction of sp³-hybridized carbons (Fsp3) is 0.167. The summed E-state index contributed by atoms with van der Waals surface area (Å²) in [6.07, 6.45) is -2.29. The molecule has 1 fully saturated rings. The smallest absolute Gasteiger partial charge is 0.256 e. The Kier molecular flexibility index (Phi) is 6.36. The van der Waals surface area contributed by atoms with E-state index in [-0.39, 0.29) is 6.42 Å². The van der Waals surface area contributed by atoms with Gasteiger partial charge in [0.05, 0.1) is 6.04 Å². The fourth-order valence-electron chi connectivity index (χ4n) is 5.19. The maximum absolute atomic E-state index is 13.6. The molecule has 1 amide bonds. The van der Waals surface area contributed by atoms with Gasteiger partial charge in [0.15, 0.2) is 0 Å². The Balaban J connectivity index is 1.76. The number of rotatable bonds is 7. The van der Waals surface area contributed by atoms with Crippen molar-refractivity contribution in [2.75, 3.05) is 10.2 Å². The molecule has 5 heteroatoms. The van der Waals surface area contributed by atoms with Crippen LogP contribution in [0.25, 0.3) is 0 Å². The minimum Gasteiger partial charge on any atom is -0.386 e. The van der Waals surface area contributed by atoms with Crippen molar-refractivity contribution in [1.82, 2.24) is 0 Å². The number of benzene rings is 4. The van der Waals surface area contributed by atoms with Crippen LogP contribution in [-0.4, -0.2) is 27.8 Å². The average Bonchev–Trinajstić information content (AvgIpc) is 3.19. The molecule has 5 rings (SSSR count). The Hall–Kier alpha value is -3.93. The van der Waals surface area contributed by atoms with Crippen LogP contribution in [0.2, 0.25) is 0 Å². The molecule has 1 aliphatic rings. The summed E-state index contributed by atoms with van der Waals surface area (Å²) in [6.45, 7) is 0. The topological polar surface area (TPSA) is 72.8 Å². The van der Waals surface area contributed by atoms with Crippen molar-refractivity contribution in [2.45, 2.75) is 30.2 Å². The molecular weight excluding hydrogens is 436 g/mol. The number of anilines is 2. The van der Waals surface area contributed by atoms with Gasteiger partial charge in [-0.25, -0.2) is 0 Å². The van der Waals surface area contributed by atoms with E-state index in [1.54, 1.807) is 4.90 Å². The quantitative estimate of drug-likeness (QED) is 0.355. The van der Waals surface area contributed by atoms with Crippen LogP contribution in [0.15, 0.2) is 121 Å². The van der Waals surface area contributed by atoms with Gasteiger partial charge in [0, 0.05) is 17.8 Å². The second-order valence-corrected chi connectivity index (χ2v) is 8.89. The Morgan fingerprint density at radius 2 is 1.23 bits per heavy atom. The minimum atomic E-state index is -1.25. The zero-order chi connectivity index (χ0) is 24.3. The Morgan fingerprint density at radius 3 is 1.80 bits per heavy atom. The van der Waals surface area contributed by atoms with E-state index in [0.29, 0.717) is 11.3 Å². The first-order valence-corrected chi connectivity index (χ1v) is 11.8. The number of hydrogen-bond acceptors (Lipinski definition) is 4. The van der Waals surface area contributed by atoms with Gasteiger partial charge in [-0.3, -0.25) is 9.69 Å². The molecule has 5 nitrogen and oxygen atoms in total. The highest BCUT2D eigenvalue weighted by molar-refractivity contribution is 6.01. The molecule has 4 aromatic rings. The van der Waals surface area contributed by atoms with Gasteiger partial charge in [0.25, 0.3) is 5.91 Å². The predicted molar refractivity (Wildman–Crippen MR) is 138 cm³/mol. The lowest BCUT2D eigenvalue weighted by molar-refractivity contribution is -0.124. The number of carbonyl (C=O) groups excluding carboxylic acids is 1. The molecule has 4 aromatic carbocycles. The average molecular weight is 465 g/mol. The van der Waals surface area contributed by atoms with Gasteiger partial charge in [-0.15, -0.1) is 0 Å². The van der Waals surface area contributed by atoms with Gasteiger partial charge in [-0.2, -0.15) is 0 Å². The maximum Gasteiger partial charge on any atom is 0.256 e. The third-order valence-corrected chi connectivity index (χ3v) is 6.76. The van der Waals surface area contributed by atoms with Crippen LogP contribution >= 0.6 is 0 Å². The van der Waals surface area contributed by atoms with Crippen LogP contribution in [0.1, 0.15) is 29.7 Å². The van der Waals surface area contributed by atoms with E-state index in [4.69, 9.17) is 0 Å². The number of aliphatic hydroxyl groups is 2. The second-order valence-electron chi connectivity index (χ2n) is 8.89. The van der Waals surface area contributed by atoms with Gasteiger partial charge >= 0.3 is 0 Å². The standard InChI is InChI=1S/C30H28N2O3/c33-26-21-30(28(34)23-15-7-2-8-16-23,32(29(26)35)25-19-11-4-12-20-25)27(22-13-5-1-6-14-22)31-24-17-9-3-10-18-24/h1-20,26-28,31,33-34H,21H2/t26-,27?,28?,30?/m1/s1. The van der Waals surface area contributed by atoms with Crippen molar-refractivity contribution in [3.63, 3.8) is 0 Å². The first-order chi connectivity index (χ1) is 17.1. The molecule has 0 radical (unpaired) electrons. The number of carbonyl (C=O) groups is 1. The molecule has 1 heterocycles. The second kappa shape index (κ2) is 9.74. The van der Waals surface area contributed by atoms with Crippen LogP contribution in [0.4, 0.5) is 11.4 Å². The molecule has 0 aliphatic carbocycles. The summed E-state index contributed by atoms with van der Waals surface area (Å²) in [5, 5.41) is 26.7. The third kappa shape index (κ3) is 4.20. The van der Waals surface area contributed by atoms with E-state index in [2.05, 4.69) is 5.32 Å². The normalized spacial score (nSPS) is 21.5. The van der Waals surface area contributed by atoms with Gasteiger partial charge in [-0.1, -0.05) is 97.1 Å². The molecular formula is C30H28N2O3. The minimum absolute atomic E-state index is 0.0518. The highest BCUT2D eigenvalue weighted by atomic mass is 16.3. The third-order valence-electron chi connectivity index (χ3n) is 6.76.